The summed E-state index contributed by atoms with van der Waals surface area (Å²) in [6.07, 6.45) is 0. The van der Waals surface area contributed by atoms with Crippen molar-refractivity contribution >= 4 is 63.0 Å². The first-order chi connectivity index (χ1) is 27.9. The van der Waals surface area contributed by atoms with Gasteiger partial charge in [0.2, 0.25) is 5.69 Å². The fourth-order valence-electron chi connectivity index (χ4n) is 8.37. The van der Waals surface area contributed by atoms with Gasteiger partial charge in [-0.1, -0.05) is 128 Å². The second-order valence-electron chi connectivity index (χ2n) is 14.7. The summed E-state index contributed by atoms with van der Waals surface area (Å²) in [5.41, 5.74) is 8.85. The number of hydrogen-bond acceptors (Lipinski definition) is 5. The molecule has 7 nitrogen and oxygen atoms in total. The molecule has 0 spiro atoms. The van der Waals surface area contributed by atoms with Crippen LogP contribution in [0.5, 0.6) is 0 Å². The van der Waals surface area contributed by atoms with Crippen LogP contribution in [0.25, 0.3) is 66.5 Å². The fraction of sp³-hybridized carbons (Fsp3) is 0.0408. The molecular formula is C49H33N7Si. The van der Waals surface area contributed by atoms with Gasteiger partial charge in [-0.3, -0.25) is 0 Å². The van der Waals surface area contributed by atoms with E-state index < -0.39 is 8.07 Å². The van der Waals surface area contributed by atoms with Crippen LogP contribution in [0.1, 0.15) is 5.56 Å². The van der Waals surface area contributed by atoms with E-state index in [4.69, 9.17) is 21.5 Å². The third-order valence-corrected chi connectivity index (χ3v) is 14.6. The standard InChI is InChI=1S/C49H33N7Si/c1-51-39-28-36(27-34(31-50)46(39)49-53-47(32-17-7-4-8-18-32)52-48(54-49)33-19-9-5-10-20-33)56-40-24-14-13-23-37(40)38-29-43-45(30-42(38)56)57(2,3)44-26-16-15-25-41(44)55(43)35-21-11-6-12-22-35/h4-30H,2-3H3. The Hall–Kier alpha value is -7.65. The van der Waals surface area contributed by atoms with Crippen molar-refractivity contribution in [2.24, 2.45) is 0 Å². The van der Waals surface area contributed by atoms with Crippen molar-refractivity contribution in [3.63, 3.8) is 0 Å². The maximum Gasteiger partial charge on any atom is 0.201 e. The summed E-state index contributed by atoms with van der Waals surface area (Å²) in [4.78, 5) is 21.1. The molecule has 0 amide bonds. The first-order valence-electron chi connectivity index (χ1n) is 18.8. The monoisotopic (exact) mass is 747 g/mol. The van der Waals surface area contributed by atoms with Gasteiger partial charge in [0, 0.05) is 50.2 Å². The Bertz CT molecular complexity index is 3030. The van der Waals surface area contributed by atoms with E-state index in [1.54, 1.807) is 0 Å². The van der Waals surface area contributed by atoms with E-state index in [0.29, 0.717) is 22.8 Å². The molecule has 9 aromatic rings. The highest BCUT2D eigenvalue weighted by Gasteiger charge is 2.39. The average Bonchev–Trinajstić information content (AvgIpc) is 3.59. The van der Waals surface area contributed by atoms with Crippen LogP contribution in [-0.4, -0.2) is 27.6 Å². The SMILES string of the molecule is [C-]#[N+]c1cc(-n2c3ccccc3c3cc4c(cc32)[Si](C)(C)c2ccccc2N4c2ccccc2)cc(C#N)c1-c1nc(-c2ccccc2)nc(-c2ccccc2)n1. The highest BCUT2D eigenvalue weighted by atomic mass is 28.3. The van der Waals surface area contributed by atoms with Gasteiger partial charge in [0.25, 0.3) is 0 Å². The van der Waals surface area contributed by atoms with Crippen LogP contribution >= 0.6 is 0 Å². The predicted molar refractivity (Wildman–Crippen MR) is 233 cm³/mol. The van der Waals surface area contributed by atoms with Crippen molar-refractivity contribution in [3.05, 3.63) is 181 Å². The number of aromatic nitrogens is 4. The Morgan fingerprint density at radius 1 is 0.561 bits per heavy atom. The molecule has 0 saturated carbocycles. The van der Waals surface area contributed by atoms with Gasteiger partial charge in [0.05, 0.1) is 29.2 Å². The predicted octanol–water partition coefficient (Wildman–Crippen LogP) is 11.0. The van der Waals surface area contributed by atoms with Crippen LogP contribution in [0.4, 0.5) is 22.7 Å². The molecule has 0 bridgehead atoms. The molecule has 7 aromatic carbocycles. The number of para-hydroxylation sites is 3. The Morgan fingerprint density at radius 2 is 1.16 bits per heavy atom. The van der Waals surface area contributed by atoms with Crippen molar-refractivity contribution < 1.29 is 0 Å². The van der Waals surface area contributed by atoms with Gasteiger partial charge in [0.1, 0.15) is 8.07 Å². The van der Waals surface area contributed by atoms with Crippen LogP contribution in [0.3, 0.4) is 0 Å². The summed E-state index contributed by atoms with van der Waals surface area (Å²) in [7, 11) is -2.23. The number of fused-ring (bicyclic) bond motifs is 5. The average molecular weight is 748 g/mol. The molecule has 57 heavy (non-hydrogen) atoms. The van der Waals surface area contributed by atoms with E-state index in [0.717, 1.165) is 44.3 Å². The largest absolute Gasteiger partial charge is 0.311 e. The van der Waals surface area contributed by atoms with Crippen molar-refractivity contribution in [2.45, 2.75) is 13.1 Å². The van der Waals surface area contributed by atoms with Crippen molar-refractivity contribution in [3.8, 4) is 45.9 Å². The molecule has 0 fully saturated rings. The molecular weight excluding hydrogens is 715 g/mol. The first-order valence-corrected chi connectivity index (χ1v) is 21.8. The fourth-order valence-corrected chi connectivity index (χ4v) is 11.3. The number of hydrogen-bond donors (Lipinski definition) is 0. The first kappa shape index (κ1) is 33.9. The molecule has 268 valence electrons. The van der Waals surface area contributed by atoms with E-state index >= 15 is 0 Å². The highest BCUT2D eigenvalue weighted by molar-refractivity contribution is 7.02. The Morgan fingerprint density at radius 3 is 1.82 bits per heavy atom. The Labute approximate surface area is 331 Å². The molecule has 1 aliphatic rings. The lowest BCUT2D eigenvalue weighted by Gasteiger charge is -2.41. The van der Waals surface area contributed by atoms with Gasteiger partial charge < -0.3 is 9.47 Å². The van der Waals surface area contributed by atoms with Crippen molar-refractivity contribution in [1.82, 2.24) is 19.5 Å². The zero-order chi connectivity index (χ0) is 38.7. The quantitative estimate of drug-likeness (QED) is 0.129. The molecule has 0 atom stereocenters. The molecule has 0 N–H and O–H groups in total. The molecule has 0 saturated heterocycles. The molecule has 10 rings (SSSR count). The zero-order valence-electron chi connectivity index (χ0n) is 31.2. The Balaban J connectivity index is 1.22. The van der Waals surface area contributed by atoms with Crippen LogP contribution in [0, 0.1) is 17.9 Å². The topological polar surface area (TPSA) is 75.0 Å². The van der Waals surface area contributed by atoms with E-state index in [9.17, 15) is 5.26 Å². The minimum Gasteiger partial charge on any atom is -0.311 e. The molecule has 0 aliphatic carbocycles. The summed E-state index contributed by atoms with van der Waals surface area (Å²) in [5, 5.41) is 15.7. The maximum atomic E-state index is 10.8. The number of nitrogens with zero attached hydrogens (tertiary/aromatic N) is 7. The van der Waals surface area contributed by atoms with E-state index in [-0.39, 0.29) is 11.5 Å². The van der Waals surface area contributed by atoms with Gasteiger partial charge in [-0.2, -0.15) is 5.26 Å². The van der Waals surface area contributed by atoms with Crippen LogP contribution in [-0.2, 0) is 0 Å². The number of benzene rings is 7. The summed E-state index contributed by atoms with van der Waals surface area (Å²) < 4.78 is 2.21. The zero-order valence-corrected chi connectivity index (χ0v) is 32.2. The van der Waals surface area contributed by atoms with Gasteiger partial charge in [-0.05, 0) is 58.9 Å². The van der Waals surface area contributed by atoms with E-state index in [1.165, 1.54) is 21.7 Å². The molecule has 3 heterocycles. The molecule has 8 heteroatoms. The minimum atomic E-state index is -2.23. The van der Waals surface area contributed by atoms with Gasteiger partial charge in [0.15, 0.2) is 17.5 Å². The van der Waals surface area contributed by atoms with Gasteiger partial charge >= 0.3 is 0 Å². The minimum absolute atomic E-state index is 0.278. The molecule has 0 unspecified atom stereocenters. The molecule has 1 aliphatic heterocycles. The van der Waals surface area contributed by atoms with Crippen molar-refractivity contribution in [1.29, 1.82) is 5.26 Å². The lowest BCUT2D eigenvalue weighted by Crippen LogP contribution is -2.58. The van der Waals surface area contributed by atoms with Crippen LogP contribution in [0.2, 0.25) is 13.1 Å². The van der Waals surface area contributed by atoms with Crippen LogP contribution < -0.4 is 15.3 Å². The lowest BCUT2D eigenvalue weighted by atomic mass is 10.0. The normalized spacial score (nSPS) is 12.8. The third kappa shape index (κ3) is 5.43. The third-order valence-electron chi connectivity index (χ3n) is 11.1. The number of anilines is 3. The summed E-state index contributed by atoms with van der Waals surface area (Å²) in [6, 6.07) is 58.0. The van der Waals surface area contributed by atoms with Crippen molar-refractivity contribution in [2.75, 3.05) is 4.90 Å². The Kier molecular flexibility index (Phi) is 7.89. The van der Waals surface area contributed by atoms with Gasteiger partial charge in [-0.15, -0.1) is 0 Å². The summed E-state index contributed by atoms with van der Waals surface area (Å²) >= 11 is 0. The smallest absolute Gasteiger partial charge is 0.201 e. The molecule has 0 radical (unpaired) electrons. The summed E-state index contributed by atoms with van der Waals surface area (Å²) in [6.45, 7) is 13.3. The molecule has 2 aromatic heterocycles. The summed E-state index contributed by atoms with van der Waals surface area (Å²) in [5.74, 6) is 1.21. The lowest BCUT2D eigenvalue weighted by molar-refractivity contribution is 1.07. The number of rotatable bonds is 5. The number of nitriles is 1. The van der Waals surface area contributed by atoms with E-state index in [1.807, 2.05) is 78.9 Å². The second-order valence-corrected chi connectivity index (χ2v) is 19.0. The maximum absolute atomic E-state index is 10.8. The highest BCUT2D eigenvalue weighted by Crippen LogP contribution is 2.43. The second kappa shape index (κ2) is 13.3. The van der Waals surface area contributed by atoms with E-state index in [2.05, 4.69) is 118 Å². The van der Waals surface area contributed by atoms with Gasteiger partial charge in [-0.25, -0.2) is 19.8 Å². The van der Waals surface area contributed by atoms with Crippen LogP contribution in [0.15, 0.2) is 164 Å².